The minimum absolute atomic E-state index is 0.222. The number of para-hydroxylation sites is 1. The van der Waals surface area contributed by atoms with E-state index in [1.54, 1.807) is 12.1 Å². The van der Waals surface area contributed by atoms with Crippen LogP contribution >= 0.6 is 0 Å². The molecule has 4 nitrogen and oxygen atoms in total. The monoisotopic (exact) mass is 249 g/mol. The van der Waals surface area contributed by atoms with Gasteiger partial charge in [-0.25, -0.2) is 0 Å². The Morgan fingerprint density at radius 3 is 2.78 bits per heavy atom. The van der Waals surface area contributed by atoms with Crippen LogP contribution in [0.1, 0.15) is 25.3 Å². The molecular formula is C14H19NO3. The Bertz CT molecular complexity index is 433. The van der Waals surface area contributed by atoms with E-state index in [-0.39, 0.29) is 12.0 Å². The summed E-state index contributed by atoms with van der Waals surface area (Å²) in [5.74, 6) is -0.602. The first-order valence-corrected chi connectivity index (χ1v) is 6.31. The van der Waals surface area contributed by atoms with Crippen molar-refractivity contribution in [1.29, 1.82) is 0 Å². The van der Waals surface area contributed by atoms with Gasteiger partial charge in [0, 0.05) is 18.2 Å². The summed E-state index contributed by atoms with van der Waals surface area (Å²) in [5.41, 5.74) is 0.901. The Kier molecular flexibility index (Phi) is 3.87. The van der Waals surface area contributed by atoms with Crippen LogP contribution in [-0.2, 0) is 11.3 Å². The first kappa shape index (κ1) is 12.9. The molecule has 0 spiro atoms. The number of hydrogen-bond acceptors (Lipinski definition) is 3. The van der Waals surface area contributed by atoms with Crippen LogP contribution in [0.3, 0.4) is 0 Å². The largest absolute Gasteiger partial charge is 0.508 e. The molecule has 4 heteroatoms. The van der Waals surface area contributed by atoms with Crippen LogP contribution in [0.15, 0.2) is 24.3 Å². The van der Waals surface area contributed by atoms with Gasteiger partial charge in [0.15, 0.2) is 0 Å². The SMILES string of the molecule is CC1CC(C(=O)O)CCN1Cc1ccccc1O. The van der Waals surface area contributed by atoms with Crippen molar-refractivity contribution in [2.75, 3.05) is 6.54 Å². The van der Waals surface area contributed by atoms with Crippen LogP contribution in [-0.4, -0.2) is 33.7 Å². The lowest BCUT2D eigenvalue weighted by molar-refractivity contribution is -0.144. The fourth-order valence-electron chi connectivity index (χ4n) is 2.54. The first-order valence-electron chi connectivity index (χ1n) is 6.31. The highest BCUT2D eigenvalue weighted by atomic mass is 16.4. The highest BCUT2D eigenvalue weighted by Gasteiger charge is 2.29. The second-order valence-electron chi connectivity index (χ2n) is 5.01. The van der Waals surface area contributed by atoms with Gasteiger partial charge in [-0.3, -0.25) is 9.69 Å². The molecular weight excluding hydrogens is 230 g/mol. The van der Waals surface area contributed by atoms with E-state index in [0.717, 1.165) is 12.1 Å². The maximum Gasteiger partial charge on any atom is 0.306 e. The second kappa shape index (κ2) is 5.40. The van der Waals surface area contributed by atoms with Gasteiger partial charge in [0.25, 0.3) is 0 Å². The van der Waals surface area contributed by atoms with Gasteiger partial charge >= 0.3 is 5.97 Å². The Morgan fingerprint density at radius 1 is 1.44 bits per heavy atom. The summed E-state index contributed by atoms with van der Waals surface area (Å²) in [6.45, 7) is 3.50. The molecule has 2 N–H and O–H groups in total. The molecule has 2 rings (SSSR count). The third-order valence-corrected chi connectivity index (χ3v) is 3.73. The van der Waals surface area contributed by atoms with Gasteiger partial charge in [-0.15, -0.1) is 0 Å². The van der Waals surface area contributed by atoms with Gasteiger partial charge in [-0.05, 0) is 32.4 Å². The van der Waals surface area contributed by atoms with E-state index in [0.29, 0.717) is 25.1 Å². The Labute approximate surface area is 107 Å². The molecule has 0 aliphatic carbocycles. The Hall–Kier alpha value is -1.55. The summed E-state index contributed by atoms with van der Waals surface area (Å²) in [4.78, 5) is 13.2. The van der Waals surface area contributed by atoms with E-state index in [1.165, 1.54) is 0 Å². The molecule has 1 aliphatic rings. The summed E-state index contributed by atoms with van der Waals surface area (Å²) >= 11 is 0. The van der Waals surface area contributed by atoms with Gasteiger partial charge in [-0.1, -0.05) is 18.2 Å². The van der Waals surface area contributed by atoms with E-state index in [1.807, 2.05) is 12.1 Å². The van der Waals surface area contributed by atoms with Gasteiger partial charge in [0.1, 0.15) is 5.75 Å². The maximum atomic E-state index is 11.0. The van der Waals surface area contributed by atoms with E-state index >= 15 is 0 Å². The number of nitrogens with zero attached hydrogens (tertiary/aromatic N) is 1. The maximum absolute atomic E-state index is 11.0. The molecule has 0 saturated carbocycles. The molecule has 1 aromatic carbocycles. The summed E-state index contributed by atoms with van der Waals surface area (Å²) < 4.78 is 0. The normalized spacial score (nSPS) is 24.9. The van der Waals surface area contributed by atoms with Crippen LogP contribution in [0.25, 0.3) is 0 Å². The average molecular weight is 249 g/mol. The summed E-state index contributed by atoms with van der Waals surface area (Å²) in [5, 5.41) is 18.8. The Balaban J connectivity index is 2.00. The molecule has 98 valence electrons. The van der Waals surface area contributed by atoms with Crippen molar-refractivity contribution in [2.45, 2.75) is 32.4 Å². The van der Waals surface area contributed by atoms with Crippen LogP contribution in [0, 0.1) is 5.92 Å². The third kappa shape index (κ3) is 2.82. The predicted molar refractivity (Wildman–Crippen MR) is 68.3 cm³/mol. The zero-order valence-electron chi connectivity index (χ0n) is 10.5. The molecule has 18 heavy (non-hydrogen) atoms. The van der Waals surface area contributed by atoms with Gasteiger partial charge in [-0.2, -0.15) is 0 Å². The lowest BCUT2D eigenvalue weighted by atomic mass is 9.91. The molecule has 1 heterocycles. The minimum atomic E-state index is -0.691. The van der Waals surface area contributed by atoms with Crippen LogP contribution < -0.4 is 0 Å². The molecule has 1 aromatic rings. The third-order valence-electron chi connectivity index (χ3n) is 3.73. The highest BCUT2D eigenvalue weighted by Crippen LogP contribution is 2.26. The number of piperidine rings is 1. The number of phenols is 1. The first-order chi connectivity index (χ1) is 8.58. The van der Waals surface area contributed by atoms with Crippen LogP contribution in [0.5, 0.6) is 5.75 Å². The van der Waals surface area contributed by atoms with Crippen molar-refractivity contribution in [2.24, 2.45) is 5.92 Å². The summed E-state index contributed by atoms with van der Waals surface area (Å²) in [6, 6.07) is 7.54. The smallest absolute Gasteiger partial charge is 0.306 e. The number of carbonyl (C=O) groups is 1. The lowest BCUT2D eigenvalue weighted by Crippen LogP contribution is -2.42. The number of carboxylic acids is 1. The number of carboxylic acid groups (broad SMARTS) is 1. The molecule has 2 unspecified atom stereocenters. The fourth-order valence-corrected chi connectivity index (χ4v) is 2.54. The molecule has 1 fully saturated rings. The quantitative estimate of drug-likeness (QED) is 0.861. The van der Waals surface area contributed by atoms with Crippen molar-refractivity contribution in [1.82, 2.24) is 4.90 Å². The standard InChI is InChI=1S/C14H19NO3/c1-10-8-11(14(17)18)6-7-15(10)9-12-4-2-3-5-13(12)16/h2-5,10-11,16H,6-9H2,1H3,(H,17,18). The van der Waals surface area contributed by atoms with Crippen molar-refractivity contribution in [3.8, 4) is 5.75 Å². The van der Waals surface area contributed by atoms with Gasteiger partial charge < -0.3 is 10.2 Å². The average Bonchev–Trinajstić information content (AvgIpc) is 2.34. The molecule has 0 bridgehead atoms. The van der Waals surface area contributed by atoms with E-state index in [2.05, 4.69) is 11.8 Å². The summed E-state index contributed by atoms with van der Waals surface area (Å²) in [6.07, 6.45) is 1.37. The molecule has 1 aliphatic heterocycles. The number of phenolic OH excluding ortho intramolecular Hbond substituents is 1. The molecule has 0 radical (unpaired) electrons. The van der Waals surface area contributed by atoms with Gasteiger partial charge in [0.05, 0.1) is 5.92 Å². The van der Waals surface area contributed by atoms with E-state index in [4.69, 9.17) is 5.11 Å². The molecule has 1 saturated heterocycles. The highest BCUT2D eigenvalue weighted by molar-refractivity contribution is 5.70. The molecule has 0 aromatic heterocycles. The van der Waals surface area contributed by atoms with Crippen LogP contribution in [0.4, 0.5) is 0 Å². The van der Waals surface area contributed by atoms with E-state index < -0.39 is 5.97 Å². The number of hydrogen-bond donors (Lipinski definition) is 2. The molecule has 2 atom stereocenters. The number of likely N-dealkylation sites (tertiary alicyclic amines) is 1. The van der Waals surface area contributed by atoms with E-state index in [9.17, 15) is 9.90 Å². The zero-order chi connectivity index (χ0) is 13.1. The summed E-state index contributed by atoms with van der Waals surface area (Å²) in [7, 11) is 0. The Morgan fingerprint density at radius 2 is 2.17 bits per heavy atom. The predicted octanol–water partition coefficient (Wildman–Crippen LogP) is 2.08. The van der Waals surface area contributed by atoms with Crippen LogP contribution in [0.2, 0.25) is 0 Å². The number of rotatable bonds is 3. The van der Waals surface area contributed by atoms with Crippen molar-refractivity contribution >= 4 is 5.97 Å². The lowest BCUT2D eigenvalue weighted by Gasteiger charge is -2.36. The fraction of sp³-hybridized carbons (Fsp3) is 0.500. The van der Waals surface area contributed by atoms with Crippen molar-refractivity contribution < 1.29 is 15.0 Å². The zero-order valence-corrected chi connectivity index (χ0v) is 10.5. The van der Waals surface area contributed by atoms with Crippen molar-refractivity contribution in [3.63, 3.8) is 0 Å². The minimum Gasteiger partial charge on any atom is -0.508 e. The number of aliphatic carboxylic acids is 1. The number of aromatic hydroxyl groups is 1. The van der Waals surface area contributed by atoms with Crippen molar-refractivity contribution in [3.05, 3.63) is 29.8 Å². The van der Waals surface area contributed by atoms with Gasteiger partial charge in [0.2, 0.25) is 0 Å². The second-order valence-corrected chi connectivity index (χ2v) is 5.01. The molecule has 0 amide bonds. The number of benzene rings is 1. The topological polar surface area (TPSA) is 60.8 Å².